The Kier molecular flexibility index (Phi) is 5.85. The molecule has 6 nitrogen and oxygen atoms in total. The molecule has 1 amide bonds. The molecule has 1 atom stereocenters. The fourth-order valence-electron chi connectivity index (χ4n) is 4.29. The Hall–Kier alpha value is -3.64. The topological polar surface area (TPSA) is 63.3 Å². The average molecular weight is 427 g/mol. The van der Waals surface area contributed by atoms with Crippen LogP contribution >= 0.6 is 0 Å². The number of nitrogens with one attached hydrogen (secondary N) is 1. The Morgan fingerprint density at radius 2 is 1.69 bits per heavy atom. The van der Waals surface area contributed by atoms with Crippen LogP contribution in [0.4, 0.5) is 0 Å². The lowest BCUT2D eigenvalue weighted by Crippen LogP contribution is -2.36. The maximum absolute atomic E-state index is 13.4. The van der Waals surface area contributed by atoms with Gasteiger partial charge in [0.1, 0.15) is 11.5 Å². The molecule has 6 heteroatoms. The third-order valence-electron chi connectivity index (χ3n) is 5.94. The van der Waals surface area contributed by atoms with E-state index < -0.39 is 0 Å². The Morgan fingerprint density at radius 1 is 0.969 bits per heavy atom. The molecule has 0 spiro atoms. The van der Waals surface area contributed by atoms with Gasteiger partial charge in [-0.1, -0.05) is 48.5 Å². The predicted molar refractivity (Wildman–Crippen MR) is 124 cm³/mol. The number of hydrogen-bond donors (Lipinski definition) is 1. The van der Waals surface area contributed by atoms with Gasteiger partial charge in [-0.15, -0.1) is 0 Å². The van der Waals surface area contributed by atoms with Crippen LogP contribution in [0.5, 0.6) is 0 Å². The summed E-state index contributed by atoms with van der Waals surface area (Å²) in [6.45, 7) is 2.52. The highest BCUT2D eigenvalue weighted by Crippen LogP contribution is 2.26. The standard InChI is InChI=1S/C26H26N4O2/c31-26(27-18-23(24-14-9-17-32-24)29-15-7-8-16-29)22-19-30(21-12-5-2-6-13-21)28-25(22)20-10-3-1-4-11-20/h1-6,9-14,17,19,23H,7-8,15-16,18H2,(H,27,31)/t23-/m1/s1. The van der Waals surface area contributed by atoms with Crippen LogP contribution in [0.25, 0.3) is 16.9 Å². The number of carbonyl (C=O) groups excluding carboxylic acids is 1. The molecule has 4 aromatic rings. The van der Waals surface area contributed by atoms with Crippen molar-refractivity contribution in [3.05, 3.63) is 96.6 Å². The molecule has 1 fully saturated rings. The van der Waals surface area contributed by atoms with Crippen LogP contribution in [0.1, 0.15) is 35.0 Å². The maximum Gasteiger partial charge on any atom is 0.255 e. The van der Waals surface area contributed by atoms with Crippen LogP contribution in [0, 0.1) is 0 Å². The molecule has 1 N–H and O–H groups in total. The number of carbonyl (C=O) groups is 1. The number of nitrogens with zero attached hydrogens (tertiary/aromatic N) is 3. The monoisotopic (exact) mass is 426 g/mol. The van der Waals surface area contributed by atoms with Crippen molar-refractivity contribution in [1.29, 1.82) is 0 Å². The number of benzene rings is 2. The van der Waals surface area contributed by atoms with Crippen LogP contribution < -0.4 is 5.32 Å². The maximum atomic E-state index is 13.4. The average Bonchev–Trinajstić information content (AvgIpc) is 3.63. The van der Waals surface area contributed by atoms with E-state index >= 15 is 0 Å². The molecule has 0 radical (unpaired) electrons. The number of para-hydroxylation sites is 1. The SMILES string of the molecule is O=C(NC[C@H](c1ccco1)N1CCCC1)c1cn(-c2ccccc2)nc1-c1ccccc1. The van der Waals surface area contributed by atoms with E-state index in [1.54, 1.807) is 10.9 Å². The molecule has 1 aliphatic heterocycles. The number of amides is 1. The van der Waals surface area contributed by atoms with Gasteiger partial charge in [-0.25, -0.2) is 4.68 Å². The van der Waals surface area contributed by atoms with Crippen LogP contribution in [-0.4, -0.2) is 40.2 Å². The zero-order chi connectivity index (χ0) is 21.8. The molecule has 0 aliphatic carbocycles. The van der Waals surface area contributed by atoms with E-state index in [-0.39, 0.29) is 11.9 Å². The molecule has 0 bridgehead atoms. The largest absolute Gasteiger partial charge is 0.468 e. The van der Waals surface area contributed by atoms with Gasteiger partial charge in [-0.2, -0.15) is 5.10 Å². The summed E-state index contributed by atoms with van der Waals surface area (Å²) in [4.78, 5) is 15.7. The molecule has 1 saturated heterocycles. The molecular weight excluding hydrogens is 400 g/mol. The van der Waals surface area contributed by atoms with Crippen molar-refractivity contribution in [3.8, 4) is 16.9 Å². The Bertz CT molecular complexity index is 1150. The van der Waals surface area contributed by atoms with Gasteiger partial charge in [0.25, 0.3) is 5.91 Å². The Morgan fingerprint density at radius 3 is 2.38 bits per heavy atom. The van der Waals surface area contributed by atoms with Gasteiger partial charge in [0.2, 0.25) is 0 Å². The molecular formula is C26H26N4O2. The molecule has 3 heterocycles. The molecule has 2 aromatic carbocycles. The predicted octanol–water partition coefficient (Wildman–Crippen LogP) is 4.70. The normalized spacial score (nSPS) is 15.0. The summed E-state index contributed by atoms with van der Waals surface area (Å²) >= 11 is 0. The summed E-state index contributed by atoms with van der Waals surface area (Å²) in [7, 11) is 0. The fraction of sp³-hybridized carbons (Fsp3) is 0.231. The molecule has 32 heavy (non-hydrogen) atoms. The van der Waals surface area contributed by atoms with Gasteiger partial charge in [0, 0.05) is 18.3 Å². The van der Waals surface area contributed by atoms with E-state index in [0.29, 0.717) is 17.8 Å². The highest BCUT2D eigenvalue weighted by Gasteiger charge is 2.27. The van der Waals surface area contributed by atoms with Crippen LogP contribution in [0.15, 0.2) is 89.7 Å². The van der Waals surface area contributed by atoms with Crippen molar-refractivity contribution < 1.29 is 9.21 Å². The van der Waals surface area contributed by atoms with Crippen LogP contribution in [-0.2, 0) is 0 Å². The van der Waals surface area contributed by atoms with Gasteiger partial charge in [0.15, 0.2) is 0 Å². The summed E-state index contributed by atoms with van der Waals surface area (Å²) in [5, 5.41) is 7.90. The number of furan rings is 1. The zero-order valence-corrected chi connectivity index (χ0v) is 17.9. The smallest absolute Gasteiger partial charge is 0.255 e. The summed E-state index contributed by atoms with van der Waals surface area (Å²) in [5.74, 6) is 0.747. The van der Waals surface area contributed by atoms with E-state index in [0.717, 1.165) is 30.1 Å². The zero-order valence-electron chi connectivity index (χ0n) is 17.9. The van der Waals surface area contributed by atoms with E-state index in [4.69, 9.17) is 9.52 Å². The first kappa shape index (κ1) is 20.3. The molecule has 2 aromatic heterocycles. The van der Waals surface area contributed by atoms with Crippen molar-refractivity contribution in [2.24, 2.45) is 0 Å². The van der Waals surface area contributed by atoms with Gasteiger partial charge in [0.05, 0.1) is 23.6 Å². The van der Waals surface area contributed by atoms with E-state index in [1.807, 2.05) is 79.0 Å². The van der Waals surface area contributed by atoms with Crippen LogP contribution in [0.3, 0.4) is 0 Å². The van der Waals surface area contributed by atoms with Crippen molar-refractivity contribution in [2.45, 2.75) is 18.9 Å². The first-order chi connectivity index (χ1) is 15.8. The minimum absolute atomic E-state index is 0.0285. The summed E-state index contributed by atoms with van der Waals surface area (Å²) in [5.41, 5.74) is 3.05. The number of rotatable bonds is 7. The van der Waals surface area contributed by atoms with Crippen molar-refractivity contribution >= 4 is 5.91 Å². The third-order valence-corrected chi connectivity index (χ3v) is 5.94. The lowest BCUT2D eigenvalue weighted by Gasteiger charge is -2.26. The second kappa shape index (κ2) is 9.24. The van der Waals surface area contributed by atoms with Gasteiger partial charge in [-0.05, 0) is 50.2 Å². The molecule has 5 rings (SSSR count). The fourth-order valence-corrected chi connectivity index (χ4v) is 4.29. The summed E-state index contributed by atoms with van der Waals surface area (Å²) in [6.07, 6.45) is 5.85. The number of aromatic nitrogens is 2. The number of likely N-dealkylation sites (tertiary alicyclic amines) is 1. The first-order valence-corrected chi connectivity index (χ1v) is 11.1. The molecule has 162 valence electrons. The lowest BCUT2D eigenvalue weighted by atomic mass is 10.1. The van der Waals surface area contributed by atoms with E-state index in [2.05, 4.69) is 10.2 Å². The molecule has 0 unspecified atom stereocenters. The quantitative estimate of drug-likeness (QED) is 0.465. The molecule has 1 aliphatic rings. The summed E-state index contributed by atoms with van der Waals surface area (Å²) < 4.78 is 7.46. The van der Waals surface area contributed by atoms with Crippen molar-refractivity contribution in [2.75, 3.05) is 19.6 Å². The van der Waals surface area contributed by atoms with Crippen molar-refractivity contribution in [1.82, 2.24) is 20.0 Å². The Labute approximate surface area is 187 Å². The van der Waals surface area contributed by atoms with Crippen LogP contribution in [0.2, 0.25) is 0 Å². The second-order valence-electron chi connectivity index (χ2n) is 8.02. The first-order valence-electron chi connectivity index (χ1n) is 11.1. The second-order valence-corrected chi connectivity index (χ2v) is 8.02. The van der Waals surface area contributed by atoms with Crippen molar-refractivity contribution in [3.63, 3.8) is 0 Å². The van der Waals surface area contributed by atoms with Gasteiger partial charge in [-0.3, -0.25) is 9.69 Å². The van der Waals surface area contributed by atoms with E-state index in [9.17, 15) is 4.79 Å². The molecule has 0 saturated carbocycles. The highest BCUT2D eigenvalue weighted by molar-refractivity contribution is 6.00. The van der Waals surface area contributed by atoms with Gasteiger partial charge >= 0.3 is 0 Å². The minimum atomic E-state index is -0.137. The number of hydrogen-bond acceptors (Lipinski definition) is 4. The highest BCUT2D eigenvalue weighted by atomic mass is 16.3. The lowest BCUT2D eigenvalue weighted by molar-refractivity contribution is 0.0934. The summed E-state index contributed by atoms with van der Waals surface area (Å²) in [6, 6.07) is 23.6. The Balaban J connectivity index is 1.42. The van der Waals surface area contributed by atoms with E-state index in [1.165, 1.54) is 12.8 Å². The third kappa shape index (κ3) is 4.22. The minimum Gasteiger partial charge on any atom is -0.468 e. The van der Waals surface area contributed by atoms with Gasteiger partial charge < -0.3 is 9.73 Å².